The van der Waals surface area contributed by atoms with Crippen molar-refractivity contribution >= 4 is 11.9 Å². The van der Waals surface area contributed by atoms with Gasteiger partial charge in [-0.3, -0.25) is 0 Å². The largest absolute Gasteiger partial charge is 0.480 e. The first-order valence-corrected chi connectivity index (χ1v) is 3.25. The van der Waals surface area contributed by atoms with Gasteiger partial charge < -0.3 is 14.6 Å². The maximum Gasteiger partial charge on any atom is 0.330 e. The fraction of sp³-hybridized carbons (Fsp3) is 0.429. The van der Waals surface area contributed by atoms with Gasteiger partial charge in [0.25, 0.3) is 0 Å². The molecule has 0 amide bonds. The zero-order chi connectivity index (χ0) is 9.40. The van der Waals surface area contributed by atoms with E-state index in [1.54, 1.807) is 0 Å². The molecule has 68 valence electrons. The summed E-state index contributed by atoms with van der Waals surface area (Å²) in [5.74, 6) is -1.60. The van der Waals surface area contributed by atoms with E-state index in [1.807, 2.05) is 0 Å². The molecular weight excluding hydrogens is 164 g/mol. The summed E-state index contributed by atoms with van der Waals surface area (Å²) < 4.78 is 9.08. The van der Waals surface area contributed by atoms with Crippen LogP contribution in [0.2, 0.25) is 0 Å². The molecule has 0 spiro atoms. The van der Waals surface area contributed by atoms with Crippen LogP contribution in [-0.4, -0.2) is 36.9 Å². The van der Waals surface area contributed by atoms with Crippen molar-refractivity contribution in [1.29, 1.82) is 0 Å². The predicted molar refractivity (Wildman–Crippen MR) is 39.6 cm³/mol. The third kappa shape index (κ3) is 6.76. The van der Waals surface area contributed by atoms with Crippen LogP contribution in [0, 0.1) is 0 Å². The second-order valence-corrected chi connectivity index (χ2v) is 1.82. The van der Waals surface area contributed by atoms with Gasteiger partial charge in [0.15, 0.2) is 0 Å². The Bertz CT molecular complexity index is 175. The molecule has 0 aliphatic rings. The van der Waals surface area contributed by atoms with E-state index in [0.717, 1.165) is 6.08 Å². The fourth-order valence-electron chi connectivity index (χ4n) is 0.420. The lowest BCUT2D eigenvalue weighted by Gasteiger charge is -2.01. The van der Waals surface area contributed by atoms with E-state index in [0.29, 0.717) is 0 Å². The molecule has 0 aliphatic heterocycles. The van der Waals surface area contributed by atoms with E-state index >= 15 is 0 Å². The standard InChI is InChI=1S/C7H10O5/c1-2-7(10)12-4-3-11-5-6(8)9/h2H,1,3-5H2,(H,8,9). The summed E-state index contributed by atoms with van der Waals surface area (Å²) in [5.41, 5.74) is 0. The summed E-state index contributed by atoms with van der Waals surface area (Å²) >= 11 is 0. The first-order chi connectivity index (χ1) is 5.66. The molecule has 0 aromatic heterocycles. The Kier molecular flexibility index (Phi) is 5.64. The summed E-state index contributed by atoms with van der Waals surface area (Å²) in [6.07, 6.45) is 1.02. The van der Waals surface area contributed by atoms with Crippen LogP contribution in [0.3, 0.4) is 0 Å². The topological polar surface area (TPSA) is 72.8 Å². The Hall–Kier alpha value is -1.36. The Labute approximate surface area is 69.6 Å². The second kappa shape index (κ2) is 6.36. The van der Waals surface area contributed by atoms with Crippen LogP contribution in [0.5, 0.6) is 0 Å². The maximum atomic E-state index is 10.4. The molecule has 0 aromatic rings. The third-order valence-electron chi connectivity index (χ3n) is 0.864. The van der Waals surface area contributed by atoms with Crippen LogP contribution < -0.4 is 0 Å². The molecule has 5 heteroatoms. The summed E-state index contributed by atoms with van der Waals surface area (Å²) in [6, 6.07) is 0. The molecule has 0 heterocycles. The molecule has 12 heavy (non-hydrogen) atoms. The van der Waals surface area contributed by atoms with Gasteiger partial charge >= 0.3 is 11.9 Å². The molecule has 0 saturated heterocycles. The lowest BCUT2D eigenvalue weighted by molar-refractivity contribution is -0.144. The van der Waals surface area contributed by atoms with Crippen LogP contribution in [0.1, 0.15) is 0 Å². The molecule has 0 atom stereocenters. The molecule has 0 aromatic carbocycles. The highest BCUT2D eigenvalue weighted by molar-refractivity contribution is 5.81. The van der Waals surface area contributed by atoms with Gasteiger partial charge in [0.2, 0.25) is 0 Å². The minimum atomic E-state index is -1.05. The lowest BCUT2D eigenvalue weighted by atomic mass is 10.6. The second-order valence-electron chi connectivity index (χ2n) is 1.82. The maximum absolute atomic E-state index is 10.4. The van der Waals surface area contributed by atoms with Crippen molar-refractivity contribution in [3.63, 3.8) is 0 Å². The number of carboxylic acids is 1. The van der Waals surface area contributed by atoms with Gasteiger partial charge in [0.05, 0.1) is 6.61 Å². The molecule has 0 aliphatic carbocycles. The Morgan fingerprint density at radius 2 is 2.08 bits per heavy atom. The minimum absolute atomic E-state index is 0.0398. The van der Waals surface area contributed by atoms with Gasteiger partial charge in [-0.25, -0.2) is 9.59 Å². The van der Waals surface area contributed by atoms with Gasteiger partial charge in [0, 0.05) is 6.08 Å². The predicted octanol–water partition coefficient (Wildman–Crippen LogP) is -0.183. The number of carboxylic acid groups (broad SMARTS) is 1. The third-order valence-corrected chi connectivity index (χ3v) is 0.864. The van der Waals surface area contributed by atoms with Crippen LogP contribution in [-0.2, 0) is 19.1 Å². The highest BCUT2D eigenvalue weighted by Gasteiger charge is 1.97. The first-order valence-electron chi connectivity index (χ1n) is 3.25. The van der Waals surface area contributed by atoms with Crippen molar-refractivity contribution in [2.75, 3.05) is 19.8 Å². The SMILES string of the molecule is C=CC(=O)OCCOCC(=O)O. The monoisotopic (exact) mass is 174 g/mol. The van der Waals surface area contributed by atoms with Gasteiger partial charge in [-0.15, -0.1) is 0 Å². The van der Waals surface area contributed by atoms with Crippen molar-refractivity contribution in [2.45, 2.75) is 0 Å². The number of esters is 1. The molecule has 0 bridgehead atoms. The number of rotatable bonds is 6. The number of aliphatic carboxylic acids is 1. The fourth-order valence-corrected chi connectivity index (χ4v) is 0.420. The van der Waals surface area contributed by atoms with Gasteiger partial charge in [0.1, 0.15) is 13.2 Å². The van der Waals surface area contributed by atoms with E-state index in [1.165, 1.54) is 0 Å². The zero-order valence-corrected chi connectivity index (χ0v) is 6.49. The number of hydrogen-bond donors (Lipinski definition) is 1. The van der Waals surface area contributed by atoms with Crippen molar-refractivity contribution in [1.82, 2.24) is 0 Å². The van der Waals surface area contributed by atoms with E-state index < -0.39 is 11.9 Å². The first kappa shape index (κ1) is 10.6. The van der Waals surface area contributed by atoms with Crippen molar-refractivity contribution in [3.05, 3.63) is 12.7 Å². The van der Waals surface area contributed by atoms with E-state index in [9.17, 15) is 9.59 Å². The zero-order valence-electron chi connectivity index (χ0n) is 6.49. The Balaban J connectivity index is 3.16. The summed E-state index contributed by atoms with van der Waals surface area (Å²) in [6.45, 7) is 2.91. The van der Waals surface area contributed by atoms with Crippen LogP contribution in [0.4, 0.5) is 0 Å². The van der Waals surface area contributed by atoms with Crippen molar-refractivity contribution in [3.8, 4) is 0 Å². The van der Waals surface area contributed by atoms with Crippen molar-refractivity contribution < 1.29 is 24.2 Å². The van der Waals surface area contributed by atoms with Gasteiger partial charge in [-0.1, -0.05) is 6.58 Å². The quantitative estimate of drug-likeness (QED) is 0.343. The van der Waals surface area contributed by atoms with Crippen LogP contribution in [0.25, 0.3) is 0 Å². The van der Waals surface area contributed by atoms with Gasteiger partial charge in [-0.05, 0) is 0 Å². The summed E-state index contributed by atoms with van der Waals surface area (Å²) in [7, 11) is 0. The minimum Gasteiger partial charge on any atom is -0.480 e. The molecular formula is C7H10O5. The molecule has 0 unspecified atom stereocenters. The van der Waals surface area contributed by atoms with E-state index in [4.69, 9.17) is 5.11 Å². The Morgan fingerprint density at radius 1 is 1.42 bits per heavy atom. The highest BCUT2D eigenvalue weighted by Crippen LogP contribution is 1.81. The van der Waals surface area contributed by atoms with Crippen LogP contribution >= 0.6 is 0 Å². The summed E-state index contributed by atoms with van der Waals surface area (Å²) in [4.78, 5) is 20.3. The number of ether oxygens (including phenoxy) is 2. The van der Waals surface area contributed by atoms with Crippen LogP contribution in [0.15, 0.2) is 12.7 Å². The smallest absolute Gasteiger partial charge is 0.330 e. The van der Waals surface area contributed by atoms with E-state index in [-0.39, 0.29) is 19.8 Å². The lowest BCUT2D eigenvalue weighted by Crippen LogP contribution is -2.12. The molecule has 0 radical (unpaired) electrons. The molecule has 5 nitrogen and oxygen atoms in total. The number of carbonyl (C=O) groups is 2. The number of hydrogen-bond acceptors (Lipinski definition) is 4. The highest BCUT2D eigenvalue weighted by atomic mass is 16.6. The summed E-state index contributed by atoms with van der Waals surface area (Å²) in [5, 5.41) is 8.12. The van der Waals surface area contributed by atoms with E-state index in [2.05, 4.69) is 16.1 Å². The normalized spacial score (nSPS) is 9.00. The molecule has 0 saturated carbocycles. The van der Waals surface area contributed by atoms with Gasteiger partial charge in [-0.2, -0.15) is 0 Å². The Morgan fingerprint density at radius 3 is 2.58 bits per heavy atom. The number of carbonyl (C=O) groups excluding carboxylic acids is 1. The average Bonchev–Trinajstić information content (AvgIpc) is 2.03. The average molecular weight is 174 g/mol. The molecule has 1 N–H and O–H groups in total. The van der Waals surface area contributed by atoms with Crippen molar-refractivity contribution in [2.24, 2.45) is 0 Å². The molecule has 0 rings (SSSR count). The molecule has 0 fully saturated rings.